The average Bonchev–Trinajstić information content (AvgIpc) is 3.39. The van der Waals surface area contributed by atoms with E-state index in [2.05, 4.69) is 26.2 Å². The van der Waals surface area contributed by atoms with Gasteiger partial charge in [-0.1, -0.05) is 35.5 Å². The number of aliphatic carboxylic acids is 1. The second-order valence-electron chi connectivity index (χ2n) is 8.63. The Bertz CT molecular complexity index is 1280. The standard InChI is InChI=1S/C24H20BrF4N3O6/c25-18-13(26)6-12(7-14(18)27)15-8-32(31-30-15)19-20-16(9-36-24(38-20)11-4-2-1-3-5-11)37-22(23(33)34)21(19)35-10-17(28)29/h1-8,16-17,19-22,24H,9-10H2,(H,33,34)/t16-,19+,20+,21-,22-,24?/m1/s1. The van der Waals surface area contributed by atoms with E-state index in [4.69, 9.17) is 18.9 Å². The summed E-state index contributed by atoms with van der Waals surface area (Å²) in [7, 11) is 0. The molecule has 5 rings (SSSR count). The number of hydrogen-bond donors (Lipinski definition) is 1. The summed E-state index contributed by atoms with van der Waals surface area (Å²) < 4.78 is 78.3. The molecule has 38 heavy (non-hydrogen) atoms. The Morgan fingerprint density at radius 2 is 1.89 bits per heavy atom. The first-order valence-electron chi connectivity index (χ1n) is 11.4. The van der Waals surface area contributed by atoms with E-state index >= 15 is 0 Å². The van der Waals surface area contributed by atoms with Crippen molar-refractivity contribution in [1.82, 2.24) is 15.0 Å². The number of carboxylic acid groups (broad SMARTS) is 1. The number of hydrogen-bond acceptors (Lipinski definition) is 7. The van der Waals surface area contributed by atoms with Crippen molar-refractivity contribution in [3.63, 3.8) is 0 Å². The minimum absolute atomic E-state index is 0.0458. The van der Waals surface area contributed by atoms with E-state index in [9.17, 15) is 27.5 Å². The first-order chi connectivity index (χ1) is 18.2. The van der Waals surface area contributed by atoms with Crippen LogP contribution in [0.5, 0.6) is 0 Å². The number of fused-ring (bicyclic) bond motifs is 1. The van der Waals surface area contributed by atoms with Crippen molar-refractivity contribution in [3.8, 4) is 11.3 Å². The summed E-state index contributed by atoms with van der Waals surface area (Å²) in [4.78, 5) is 12.1. The monoisotopic (exact) mass is 601 g/mol. The van der Waals surface area contributed by atoms with Gasteiger partial charge in [0.2, 0.25) is 0 Å². The lowest BCUT2D eigenvalue weighted by molar-refractivity contribution is -0.319. The van der Waals surface area contributed by atoms with Gasteiger partial charge in [-0.15, -0.1) is 5.10 Å². The van der Waals surface area contributed by atoms with Crippen LogP contribution in [0, 0.1) is 11.6 Å². The SMILES string of the molecule is O=C(O)[C@@H]1O[C@@H]2COC(c3ccccc3)O[C@@H]2[C@H](n2cc(-c3cc(F)c(Br)c(F)c3)nn2)[C@H]1OCC(F)F. The van der Waals surface area contributed by atoms with Crippen LogP contribution >= 0.6 is 15.9 Å². The van der Waals surface area contributed by atoms with E-state index in [0.29, 0.717) is 5.56 Å². The first-order valence-corrected chi connectivity index (χ1v) is 12.2. The van der Waals surface area contributed by atoms with E-state index in [0.717, 1.165) is 12.1 Å². The van der Waals surface area contributed by atoms with Gasteiger partial charge in [-0.3, -0.25) is 0 Å². The molecule has 3 heterocycles. The average molecular weight is 602 g/mol. The van der Waals surface area contributed by atoms with E-state index in [1.165, 1.54) is 10.9 Å². The number of rotatable bonds is 7. The fourth-order valence-electron chi connectivity index (χ4n) is 4.51. The zero-order chi connectivity index (χ0) is 27.0. The summed E-state index contributed by atoms with van der Waals surface area (Å²) in [6.07, 6.45) is -7.51. The molecule has 1 aromatic heterocycles. The van der Waals surface area contributed by atoms with E-state index in [1.807, 2.05) is 0 Å². The van der Waals surface area contributed by atoms with Crippen LogP contribution in [0.1, 0.15) is 17.9 Å². The third-order valence-electron chi connectivity index (χ3n) is 6.18. The van der Waals surface area contributed by atoms with Gasteiger partial charge < -0.3 is 24.1 Å². The largest absolute Gasteiger partial charge is 0.479 e. The zero-order valence-electron chi connectivity index (χ0n) is 19.3. The molecule has 2 aliphatic heterocycles. The minimum atomic E-state index is -2.89. The number of carbonyl (C=O) groups is 1. The van der Waals surface area contributed by atoms with Crippen molar-refractivity contribution in [2.45, 2.75) is 43.2 Å². The molecule has 1 unspecified atom stereocenters. The predicted octanol–water partition coefficient (Wildman–Crippen LogP) is 4.14. The molecule has 0 aliphatic carbocycles. The molecule has 2 aromatic carbocycles. The van der Waals surface area contributed by atoms with Crippen LogP contribution in [0.3, 0.4) is 0 Å². The molecular weight excluding hydrogens is 582 g/mol. The van der Waals surface area contributed by atoms with Gasteiger partial charge in [0.25, 0.3) is 6.43 Å². The molecule has 2 fully saturated rings. The summed E-state index contributed by atoms with van der Waals surface area (Å²) in [5.74, 6) is -3.19. The van der Waals surface area contributed by atoms with Crippen molar-refractivity contribution in [3.05, 3.63) is 70.3 Å². The first kappa shape index (κ1) is 26.7. The van der Waals surface area contributed by atoms with Gasteiger partial charge in [0.15, 0.2) is 12.4 Å². The van der Waals surface area contributed by atoms with E-state index in [-0.39, 0.29) is 22.3 Å². The van der Waals surface area contributed by atoms with Crippen LogP contribution in [0.25, 0.3) is 11.3 Å². The molecule has 0 spiro atoms. The predicted molar refractivity (Wildman–Crippen MR) is 124 cm³/mol. The molecule has 14 heteroatoms. The zero-order valence-corrected chi connectivity index (χ0v) is 20.9. The number of ether oxygens (including phenoxy) is 4. The lowest BCUT2D eigenvalue weighted by atomic mass is 9.91. The Morgan fingerprint density at radius 1 is 1.18 bits per heavy atom. The van der Waals surface area contributed by atoms with Crippen molar-refractivity contribution in [2.24, 2.45) is 0 Å². The quantitative estimate of drug-likeness (QED) is 0.318. The molecule has 0 amide bonds. The Morgan fingerprint density at radius 3 is 2.55 bits per heavy atom. The van der Waals surface area contributed by atoms with Gasteiger partial charge >= 0.3 is 5.97 Å². The maximum absolute atomic E-state index is 14.1. The van der Waals surface area contributed by atoms with Crippen LogP contribution in [0.15, 0.2) is 53.1 Å². The molecule has 0 radical (unpaired) electrons. The maximum atomic E-state index is 14.1. The summed E-state index contributed by atoms with van der Waals surface area (Å²) in [6, 6.07) is 9.83. The van der Waals surface area contributed by atoms with Crippen LogP contribution in [-0.2, 0) is 23.7 Å². The van der Waals surface area contributed by atoms with Gasteiger partial charge in [-0.2, -0.15) is 0 Å². The van der Waals surface area contributed by atoms with E-state index < -0.39 is 67.4 Å². The number of alkyl halides is 2. The molecule has 9 nitrogen and oxygen atoms in total. The molecule has 202 valence electrons. The third-order valence-corrected chi connectivity index (χ3v) is 6.93. The Kier molecular flexibility index (Phi) is 7.77. The van der Waals surface area contributed by atoms with Crippen LogP contribution in [0.2, 0.25) is 0 Å². The van der Waals surface area contributed by atoms with Crippen LogP contribution in [0.4, 0.5) is 17.6 Å². The van der Waals surface area contributed by atoms with Gasteiger partial charge in [0.05, 0.1) is 17.3 Å². The Balaban J connectivity index is 1.54. The number of benzene rings is 2. The van der Waals surface area contributed by atoms with E-state index in [1.54, 1.807) is 30.3 Å². The number of carboxylic acids is 1. The van der Waals surface area contributed by atoms with Crippen molar-refractivity contribution >= 4 is 21.9 Å². The number of aromatic nitrogens is 3. The summed E-state index contributed by atoms with van der Waals surface area (Å²) >= 11 is 2.81. The maximum Gasteiger partial charge on any atom is 0.335 e. The molecule has 3 aromatic rings. The molecule has 0 saturated carbocycles. The lowest BCUT2D eigenvalue weighted by Gasteiger charge is -2.48. The molecule has 2 aliphatic rings. The fourth-order valence-corrected chi connectivity index (χ4v) is 4.74. The highest BCUT2D eigenvalue weighted by Gasteiger charge is 2.54. The van der Waals surface area contributed by atoms with Crippen LogP contribution < -0.4 is 0 Å². The Labute approximate surface area is 221 Å². The van der Waals surface area contributed by atoms with Gasteiger partial charge in [0.1, 0.15) is 48.3 Å². The molecule has 6 atom stereocenters. The number of nitrogens with zero attached hydrogens (tertiary/aromatic N) is 3. The molecular formula is C24H20BrF4N3O6. The minimum Gasteiger partial charge on any atom is -0.479 e. The molecule has 2 saturated heterocycles. The topological polar surface area (TPSA) is 105 Å². The van der Waals surface area contributed by atoms with Gasteiger partial charge in [0, 0.05) is 11.1 Å². The van der Waals surface area contributed by atoms with Crippen molar-refractivity contribution in [2.75, 3.05) is 13.2 Å². The number of halogens is 5. The molecule has 0 bridgehead atoms. The second-order valence-corrected chi connectivity index (χ2v) is 9.42. The van der Waals surface area contributed by atoms with Gasteiger partial charge in [-0.05, 0) is 28.1 Å². The normalized spacial score (nSPS) is 27.3. The third kappa shape index (κ3) is 5.31. The van der Waals surface area contributed by atoms with Gasteiger partial charge in [-0.25, -0.2) is 27.0 Å². The lowest BCUT2D eigenvalue weighted by Crippen LogP contribution is -2.62. The highest BCUT2D eigenvalue weighted by Crippen LogP contribution is 2.41. The molecule has 1 N–H and O–H groups in total. The fraction of sp³-hybridized carbons (Fsp3) is 0.375. The summed E-state index contributed by atoms with van der Waals surface area (Å²) in [5, 5.41) is 17.8. The second kappa shape index (κ2) is 11.1. The van der Waals surface area contributed by atoms with Crippen LogP contribution in [-0.4, -0.2) is 70.1 Å². The Hall–Kier alpha value is -2.91. The summed E-state index contributed by atoms with van der Waals surface area (Å²) in [6.45, 7) is -1.15. The highest BCUT2D eigenvalue weighted by atomic mass is 79.9. The summed E-state index contributed by atoms with van der Waals surface area (Å²) in [5.41, 5.74) is 0.757. The van der Waals surface area contributed by atoms with Crippen molar-refractivity contribution < 1.29 is 46.4 Å². The highest BCUT2D eigenvalue weighted by molar-refractivity contribution is 9.10. The van der Waals surface area contributed by atoms with Crippen molar-refractivity contribution in [1.29, 1.82) is 0 Å². The smallest absolute Gasteiger partial charge is 0.335 e.